The molecule has 0 aliphatic carbocycles. The minimum atomic E-state index is -0.416. The molecule has 0 fully saturated rings. The molecule has 2 aromatic carbocycles. The van der Waals surface area contributed by atoms with E-state index < -0.39 is 4.92 Å². The van der Waals surface area contributed by atoms with E-state index in [1.807, 2.05) is 18.2 Å². The first-order chi connectivity index (χ1) is 13.7. The number of hydrogen-bond donors (Lipinski definition) is 3. The number of ether oxygens (including phenoxy) is 2. The smallest absolute Gasteiger partial charge is 0.269 e. The van der Waals surface area contributed by atoms with Crippen LogP contribution in [0.25, 0.3) is 0 Å². The summed E-state index contributed by atoms with van der Waals surface area (Å²) in [5.74, 6) is 2.09. The molecule has 1 aliphatic rings. The van der Waals surface area contributed by atoms with Crippen LogP contribution in [0.4, 0.5) is 17.1 Å². The van der Waals surface area contributed by atoms with E-state index >= 15 is 0 Å². The van der Waals surface area contributed by atoms with Gasteiger partial charge in [-0.3, -0.25) is 15.1 Å². The predicted octanol–water partition coefficient (Wildman–Crippen LogP) is 3.47. The maximum absolute atomic E-state index is 10.7. The molecule has 0 saturated carbocycles. The highest BCUT2D eigenvalue weighted by atomic mass is 127. The second-order valence-electron chi connectivity index (χ2n) is 6.07. The van der Waals surface area contributed by atoms with Crippen LogP contribution in [0.5, 0.6) is 11.5 Å². The van der Waals surface area contributed by atoms with Crippen LogP contribution in [0.3, 0.4) is 0 Å². The fraction of sp³-hybridized carbons (Fsp3) is 0.316. The fourth-order valence-corrected chi connectivity index (χ4v) is 2.65. The molecule has 0 aromatic heterocycles. The van der Waals surface area contributed by atoms with E-state index in [9.17, 15) is 10.1 Å². The molecule has 0 spiro atoms. The SMILES string of the molecule is CN=C(NCCNc1ccc([N+](=O)[O-])cc1)Nc1ccc2c(c1)OCCCO2.I. The van der Waals surface area contributed by atoms with Crippen LogP contribution in [0.2, 0.25) is 0 Å². The first-order valence-electron chi connectivity index (χ1n) is 9.01. The van der Waals surface area contributed by atoms with Crippen molar-refractivity contribution in [2.45, 2.75) is 6.42 Å². The number of hydrogen-bond acceptors (Lipinski definition) is 6. The molecule has 0 saturated heterocycles. The van der Waals surface area contributed by atoms with Crippen LogP contribution in [-0.4, -0.2) is 44.2 Å². The van der Waals surface area contributed by atoms with Gasteiger partial charge in [0.2, 0.25) is 0 Å². The van der Waals surface area contributed by atoms with Crippen molar-refractivity contribution in [1.29, 1.82) is 0 Å². The lowest BCUT2D eigenvalue weighted by Gasteiger charge is -2.14. The number of fused-ring (bicyclic) bond motifs is 1. The van der Waals surface area contributed by atoms with Gasteiger partial charge in [-0.1, -0.05) is 0 Å². The van der Waals surface area contributed by atoms with Gasteiger partial charge in [-0.05, 0) is 24.3 Å². The van der Waals surface area contributed by atoms with Crippen molar-refractivity contribution in [3.8, 4) is 11.5 Å². The Kier molecular flexibility index (Phi) is 8.77. The molecule has 1 aliphatic heterocycles. The Labute approximate surface area is 186 Å². The topological polar surface area (TPSA) is 110 Å². The number of rotatable bonds is 6. The molecular formula is C19H24IN5O4. The van der Waals surface area contributed by atoms with Crippen molar-refractivity contribution in [1.82, 2.24) is 5.32 Å². The fourth-order valence-electron chi connectivity index (χ4n) is 2.65. The zero-order chi connectivity index (χ0) is 19.8. The number of nitro benzene ring substituents is 1. The molecule has 9 nitrogen and oxygen atoms in total. The monoisotopic (exact) mass is 513 g/mol. The Morgan fingerprint density at radius 2 is 1.76 bits per heavy atom. The van der Waals surface area contributed by atoms with E-state index in [0.717, 1.165) is 29.3 Å². The Morgan fingerprint density at radius 3 is 2.45 bits per heavy atom. The van der Waals surface area contributed by atoms with Gasteiger partial charge in [-0.2, -0.15) is 0 Å². The van der Waals surface area contributed by atoms with Crippen molar-refractivity contribution < 1.29 is 14.4 Å². The molecule has 1 heterocycles. The van der Waals surface area contributed by atoms with Crippen molar-refractivity contribution >= 4 is 47.0 Å². The maximum Gasteiger partial charge on any atom is 0.269 e. The van der Waals surface area contributed by atoms with E-state index in [4.69, 9.17) is 9.47 Å². The Morgan fingerprint density at radius 1 is 1.07 bits per heavy atom. The standard InChI is InChI=1S/C19H23N5O4.HI/c1-20-19(22-10-9-21-14-3-6-16(7-4-14)24(25)26)23-15-5-8-17-18(13-15)28-12-2-11-27-17;/h3-8,13,21H,2,9-12H2,1H3,(H2,20,22,23);1H. The lowest BCUT2D eigenvalue weighted by atomic mass is 10.2. The first kappa shape index (κ1) is 22.5. The number of nitro groups is 1. The lowest BCUT2D eigenvalue weighted by molar-refractivity contribution is -0.384. The maximum atomic E-state index is 10.7. The second kappa shape index (κ2) is 11.3. The largest absolute Gasteiger partial charge is 0.490 e. The summed E-state index contributed by atoms with van der Waals surface area (Å²) in [7, 11) is 1.70. The third-order valence-electron chi connectivity index (χ3n) is 4.06. The third-order valence-corrected chi connectivity index (χ3v) is 4.06. The number of anilines is 2. The molecule has 156 valence electrons. The van der Waals surface area contributed by atoms with Gasteiger partial charge in [0.1, 0.15) is 0 Å². The summed E-state index contributed by atoms with van der Waals surface area (Å²) in [6.45, 7) is 2.53. The quantitative estimate of drug-likeness (QED) is 0.136. The zero-order valence-electron chi connectivity index (χ0n) is 16.0. The minimum Gasteiger partial charge on any atom is -0.490 e. The van der Waals surface area contributed by atoms with Crippen molar-refractivity contribution in [3.05, 3.63) is 52.6 Å². The average Bonchev–Trinajstić information content (AvgIpc) is 2.95. The summed E-state index contributed by atoms with van der Waals surface area (Å²) < 4.78 is 11.3. The van der Waals surface area contributed by atoms with Crippen molar-refractivity contribution in [3.63, 3.8) is 0 Å². The van der Waals surface area contributed by atoms with E-state index in [1.165, 1.54) is 12.1 Å². The Balaban J connectivity index is 0.00000300. The van der Waals surface area contributed by atoms with Crippen LogP contribution in [0, 0.1) is 10.1 Å². The summed E-state index contributed by atoms with van der Waals surface area (Å²) in [4.78, 5) is 14.5. The van der Waals surface area contributed by atoms with Gasteiger partial charge in [-0.15, -0.1) is 24.0 Å². The third kappa shape index (κ3) is 6.66. The summed E-state index contributed by atoms with van der Waals surface area (Å²) in [5, 5.41) is 20.3. The number of nitrogens with zero attached hydrogens (tertiary/aromatic N) is 2. The number of nitrogens with one attached hydrogen (secondary N) is 3. The molecule has 3 rings (SSSR count). The highest BCUT2D eigenvalue weighted by Gasteiger charge is 2.11. The van der Waals surface area contributed by atoms with Gasteiger partial charge in [0.05, 0.1) is 18.1 Å². The van der Waals surface area contributed by atoms with Crippen LogP contribution in [0.1, 0.15) is 6.42 Å². The Hall–Kier alpha value is -2.76. The first-order valence-corrected chi connectivity index (χ1v) is 9.01. The van der Waals surface area contributed by atoms with Crippen LogP contribution in [-0.2, 0) is 0 Å². The minimum absolute atomic E-state index is 0. The van der Waals surface area contributed by atoms with E-state index in [0.29, 0.717) is 32.3 Å². The van der Waals surface area contributed by atoms with Crippen LogP contribution < -0.4 is 25.4 Å². The molecule has 3 N–H and O–H groups in total. The second-order valence-corrected chi connectivity index (χ2v) is 6.07. The van der Waals surface area contributed by atoms with Crippen molar-refractivity contribution in [2.24, 2.45) is 4.99 Å². The van der Waals surface area contributed by atoms with Crippen LogP contribution >= 0.6 is 24.0 Å². The number of halogens is 1. The van der Waals surface area contributed by atoms with Gasteiger partial charge in [-0.25, -0.2) is 0 Å². The molecule has 10 heteroatoms. The predicted molar refractivity (Wildman–Crippen MR) is 124 cm³/mol. The highest BCUT2D eigenvalue weighted by Crippen LogP contribution is 2.32. The number of guanidine groups is 1. The number of non-ortho nitro benzene ring substituents is 1. The molecule has 0 amide bonds. The number of aliphatic imine (C=N–C) groups is 1. The van der Waals surface area contributed by atoms with Gasteiger partial charge < -0.3 is 25.4 Å². The molecule has 2 aromatic rings. The molecular weight excluding hydrogens is 489 g/mol. The zero-order valence-corrected chi connectivity index (χ0v) is 18.3. The molecule has 0 radical (unpaired) electrons. The molecule has 0 unspecified atom stereocenters. The van der Waals surface area contributed by atoms with E-state index in [2.05, 4.69) is 20.9 Å². The summed E-state index contributed by atoms with van der Waals surface area (Å²) in [6, 6.07) is 12.0. The highest BCUT2D eigenvalue weighted by molar-refractivity contribution is 14.0. The summed E-state index contributed by atoms with van der Waals surface area (Å²) in [6.07, 6.45) is 0.864. The van der Waals surface area contributed by atoms with Gasteiger partial charge in [0.15, 0.2) is 17.5 Å². The molecule has 29 heavy (non-hydrogen) atoms. The Bertz CT molecular complexity index is 845. The molecule has 0 bridgehead atoms. The number of benzene rings is 2. The molecule has 0 atom stereocenters. The van der Waals surface area contributed by atoms with E-state index in [1.54, 1.807) is 19.2 Å². The average molecular weight is 513 g/mol. The van der Waals surface area contributed by atoms with Crippen molar-refractivity contribution in [2.75, 3.05) is 44.0 Å². The normalized spacial score (nSPS) is 12.9. The van der Waals surface area contributed by atoms with Gasteiger partial charge in [0, 0.05) is 56.1 Å². The van der Waals surface area contributed by atoms with E-state index in [-0.39, 0.29) is 29.7 Å². The summed E-state index contributed by atoms with van der Waals surface area (Å²) in [5.41, 5.74) is 1.74. The van der Waals surface area contributed by atoms with Gasteiger partial charge >= 0.3 is 0 Å². The lowest BCUT2D eigenvalue weighted by Crippen LogP contribution is -2.34. The van der Waals surface area contributed by atoms with Gasteiger partial charge in [0.25, 0.3) is 5.69 Å². The summed E-state index contributed by atoms with van der Waals surface area (Å²) >= 11 is 0. The van der Waals surface area contributed by atoms with Crippen LogP contribution in [0.15, 0.2) is 47.5 Å².